The molecule has 17 heavy (non-hydrogen) atoms. The molecule has 1 heterocycles. The predicted octanol–water partition coefficient (Wildman–Crippen LogP) is 2.83. The molecule has 1 aliphatic carbocycles. The van der Waals surface area contributed by atoms with E-state index in [0.717, 1.165) is 12.2 Å². The van der Waals surface area contributed by atoms with Gasteiger partial charge in [-0.2, -0.15) is 0 Å². The van der Waals surface area contributed by atoms with Crippen molar-refractivity contribution >= 4 is 5.78 Å². The second-order valence-electron chi connectivity index (χ2n) is 4.46. The molecule has 0 spiro atoms. The van der Waals surface area contributed by atoms with Gasteiger partial charge in [-0.25, -0.2) is 0 Å². The molecule has 1 saturated heterocycles. The van der Waals surface area contributed by atoms with E-state index in [4.69, 9.17) is 4.74 Å². The lowest BCUT2D eigenvalue weighted by Crippen LogP contribution is -2.31. The maximum atomic E-state index is 12.0. The summed E-state index contributed by atoms with van der Waals surface area (Å²) in [5.74, 6) is 1.14. The first kappa shape index (κ1) is 10.3. The van der Waals surface area contributed by atoms with Gasteiger partial charge in [0.25, 0.3) is 0 Å². The molecule has 0 aromatic heterocycles. The molecule has 1 fully saturated rings. The Kier molecular flexibility index (Phi) is 2.56. The summed E-state index contributed by atoms with van der Waals surface area (Å²) in [5.41, 5.74) is 1.23. The summed E-state index contributed by atoms with van der Waals surface area (Å²) in [6.45, 7) is 0.697. The number of allylic oxidation sites excluding steroid dienone is 4. The fraction of sp³-hybridized carbons (Fsp3) is 0.267. The van der Waals surface area contributed by atoms with Crippen molar-refractivity contribution in [3.63, 3.8) is 0 Å². The van der Waals surface area contributed by atoms with Crippen LogP contribution in [0.4, 0.5) is 0 Å². The van der Waals surface area contributed by atoms with E-state index >= 15 is 0 Å². The molecule has 1 aromatic carbocycles. The molecule has 2 unspecified atom stereocenters. The normalized spacial score (nSPS) is 27.1. The zero-order chi connectivity index (χ0) is 11.7. The number of rotatable bonds is 1. The monoisotopic (exact) mass is 226 g/mol. The zero-order valence-electron chi connectivity index (χ0n) is 9.50. The summed E-state index contributed by atoms with van der Waals surface area (Å²) < 4.78 is 5.59. The Bertz CT molecular complexity index is 485. The van der Waals surface area contributed by atoms with E-state index < -0.39 is 0 Å². The van der Waals surface area contributed by atoms with Crippen LogP contribution in [-0.4, -0.2) is 12.4 Å². The summed E-state index contributed by atoms with van der Waals surface area (Å²) in [6.07, 6.45) is 6.26. The Labute approximate surface area is 101 Å². The van der Waals surface area contributed by atoms with E-state index in [0.29, 0.717) is 6.61 Å². The van der Waals surface area contributed by atoms with Gasteiger partial charge in [-0.15, -0.1) is 0 Å². The van der Waals surface area contributed by atoms with Gasteiger partial charge in [-0.05, 0) is 24.1 Å². The van der Waals surface area contributed by atoms with Crippen molar-refractivity contribution < 1.29 is 9.53 Å². The van der Waals surface area contributed by atoms with Gasteiger partial charge in [0.1, 0.15) is 5.76 Å². The maximum absolute atomic E-state index is 12.0. The zero-order valence-corrected chi connectivity index (χ0v) is 9.50. The number of ketones is 1. The number of hydrogen-bond acceptors (Lipinski definition) is 2. The van der Waals surface area contributed by atoms with Crippen LogP contribution >= 0.6 is 0 Å². The number of hydrogen-bond donors (Lipinski definition) is 0. The first-order valence-electron chi connectivity index (χ1n) is 5.96. The Morgan fingerprint density at radius 2 is 2.00 bits per heavy atom. The van der Waals surface area contributed by atoms with E-state index in [1.165, 1.54) is 5.56 Å². The van der Waals surface area contributed by atoms with Gasteiger partial charge in [0, 0.05) is 5.92 Å². The lowest BCUT2D eigenvalue weighted by molar-refractivity contribution is -0.120. The molecule has 0 radical (unpaired) electrons. The highest BCUT2D eigenvalue weighted by Crippen LogP contribution is 2.39. The van der Waals surface area contributed by atoms with Gasteiger partial charge in [-0.3, -0.25) is 4.79 Å². The van der Waals surface area contributed by atoms with Gasteiger partial charge < -0.3 is 4.74 Å². The molecule has 0 saturated carbocycles. The lowest BCUT2D eigenvalue weighted by atomic mass is 9.77. The van der Waals surface area contributed by atoms with Crippen LogP contribution in [0, 0.1) is 5.92 Å². The van der Waals surface area contributed by atoms with Crippen LogP contribution in [0.15, 0.2) is 54.3 Å². The minimum atomic E-state index is -0.115. The van der Waals surface area contributed by atoms with Crippen LogP contribution in [-0.2, 0) is 9.53 Å². The van der Waals surface area contributed by atoms with Gasteiger partial charge in [0.05, 0.1) is 12.5 Å². The van der Waals surface area contributed by atoms with Crippen molar-refractivity contribution in [3.05, 3.63) is 59.9 Å². The summed E-state index contributed by atoms with van der Waals surface area (Å²) in [6, 6.07) is 10.2. The first-order chi connectivity index (χ1) is 8.36. The van der Waals surface area contributed by atoms with Gasteiger partial charge in [-0.1, -0.05) is 36.4 Å². The molecule has 2 nitrogen and oxygen atoms in total. The third-order valence-electron chi connectivity index (χ3n) is 3.46. The molecular weight excluding hydrogens is 212 g/mol. The number of carbonyl (C=O) groups is 1. The Balaban J connectivity index is 1.98. The summed E-state index contributed by atoms with van der Waals surface area (Å²) in [4.78, 5) is 12.0. The molecule has 0 N–H and O–H groups in total. The van der Waals surface area contributed by atoms with Crippen LogP contribution in [0.1, 0.15) is 17.9 Å². The number of ether oxygens (including phenoxy) is 1. The molecule has 0 bridgehead atoms. The Hall–Kier alpha value is -1.83. The van der Waals surface area contributed by atoms with E-state index in [2.05, 4.69) is 12.1 Å². The van der Waals surface area contributed by atoms with Crippen molar-refractivity contribution in [3.8, 4) is 0 Å². The van der Waals surface area contributed by atoms with Crippen LogP contribution in [0.2, 0.25) is 0 Å². The van der Waals surface area contributed by atoms with E-state index in [1.807, 2.05) is 24.3 Å². The highest BCUT2D eigenvalue weighted by molar-refractivity contribution is 5.95. The molecule has 2 atom stereocenters. The third kappa shape index (κ3) is 1.80. The van der Waals surface area contributed by atoms with Crippen LogP contribution < -0.4 is 0 Å². The molecule has 3 rings (SSSR count). The highest BCUT2D eigenvalue weighted by Gasteiger charge is 2.36. The van der Waals surface area contributed by atoms with Crippen molar-refractivity contribution in [2.75, 3.05) is 6.61 Å². The van der Waals surface area contributed by atoms with E-state index in [-0.39, 0.29) is 17.6 Å². The SMILES string of the molecule is O=C1C=CC=C2OCCC(c3ccccc3)C12. The average Bonchev–Trinajstić information content (AvgIpc) is 2.39. The molecule has 1 aliphatic heterocycles. The number of benzene rings is 1. The van der Waals surface area contributed by atoms with Crippen LogP contribution in [0.25, 0.3) is 0 Å². The Morgan fingerprint density at radius 1 is 1.18 bits per heavy atom. The third-order valence-corrected chi connectivity index (χ3v) is 3.46. The van der Waals surface area contributed by atoms with Crippen LogP contribution in [0.3, 0.4) is 0 Å². The molecule has 0 amide bonds. The summed E-state index contributed by atoms with van der Waals surface area (Å²) >= 11 is 0. The summed E-state index contributed by atoms with van der Waals surface area (Å²) in [5, 5.41) is 0. The van der Waals surface area contributed by atoms with Gasteiger partial charge in [0.15, 0.2) is 5.78 Å². The topological polar surface area (TPSA) is 26.3 Å². The fourth-order valence-corrected chi connectivity index (χ4v) is 2.65. The summed E-state index contributed by atoms with van der Waals surface area (Å²) in [7, 11) is 0. The van der Waals surface area contributed by atoms with E-state index in [1.54, 1.807) is 12.2 Å². The van der Waals surface area contributed by atoms with Gasteiger partial charge in [0.2, 0.25) is 0 Å². The molecule has 2 heteroatoms. The van der Waals surface area contributed by atoms with Crippen molar-refractivity contribution in [2.24, 2.45) is 5.92 Å². The predicted molar refractivity (Wildman–Crippen MR) is 65.5 cm³/mol. The Morgan fingerprint density at radius 3 is 2.82 bits per heavy atom. The molecule has 86 valence electrons. The van der Waals surface area contributed by atoms with Crippen molar-refractivity contribution in [1.82, 2.24) is 0 Å². The number of fused-ring (bicyclic) bond motifs is 1. The second kappa shape index (κ2) is 4.21. The number of carbonyl (C=O) groups excluding carboxylic acids is 1. The highest BCUT2D eigenvalue weighted by atomic mass is 16.5. The first-order valence-corrected chi connectivity index (χ1v) is 5.96. The average molecular weight is 226 g/mol. The minimum absolute atomic E-state index is 0.115. The van der Waals surface area contributed by atoms with E-state index in [9.17, 15) is 4.79 Å². The largest absolute Gasteiger partial charge is 0.497 e. The molecular formula is C15H14O2. The second-order valence-corrected chi connectivity index (χ2v) is 4.46. The smallest absolute Gasteiger partial charge is 0.166 e. The van der Waals surface area contributed by atoms with Gasteiger partial charge >= 0.3 is 0 Å². The fourth-order valence-electron chi connectivity index (χ4n) is 2.65. The standard InChI is InChI=1S/C15H14O2/c16-13-7-4-8-14-15(13)12(9-10-17-14)11-5-2-1-3-6-11/h1-8,12,15H,9-10H2. The molecule has 1 aromatic rings. The lowest BCUT2D eigenvalue weighted by Gasteiger charge is -2.33. The minimum Gasteiger partial charge on any atom is -0.497 e. The van der Waals surface area contributed by atoms with Crippen molar-refractivity contribution in [1.29, 1.82) is 0 Å². The van der Waals surface area contributed by atoms with Crippen molar-refractivity contribution in [2.45, 2.75) is 12.3 Å². The quantitative estimate of drug-likeness (QED) is 0.736. The molecule has 2 aliphatic rings. The van der Waals surface area contributed by atoms with Crippen LogP contribution in [0.5, 0.6) is 0 Å². The maximum Gasteiger partial charge on any atom is 0.166 e.